The number of hydrogen-bond donors (Lipinski definition) is 2. The van der Waals surface area contributed by atoms with E-state index in [0.717, 1.165) is 49.7 Å². The summed E-state index contributed by atoms with van der Waals surface area (Å²) in [4.78, 5) is 18.6. The largest absolute Gasteiger partial charge is 0.357 e. The van der Waals surface area contributed by atoms with E-state index in [9.17, 15) is 4.79 Å². The molecule has 0 spiro atoms. The van der Waals surface area contributed by atoms with Gasteiger partial charge in [-0.3, -0.25) is 4.79 Å². The van der Waals surface area contributed by atoms with E-state index in [1.54, 1.807) is 0 Å². The van der Waals surface area contributed by atoms with Crippen LogP contribution in [-0.2, 0) is 11.3 Å². The van der Waals surface area contributed by atoms with Crippen molar-refractivity contribution in [2.75, 3.05) is 30.3 Å². The molecule has 1 unspecified atom stereocenters. The Morgan fingerprint density at radius 2 is 2.04 bits per heavy atom. The van der Waals surface area contributed by atoms with Gasteiger partial charge in [0.25, 0.3) is 0 Å². The third-order valence-electron chi connectivity index (χ3n) is 4.86. The number of benzene rings is 1. The Balaban J connectivity index is 0.00000261. The highest BCUT2D eigenvalue weighted by Crippen LogP contribution is 2.25. The maximum absolute atomic E-state index is 12.0. The predicted octanol–water partition coefficient (Wildman–Crippen LogP) is 3.77. The van der Waals surface area contributed by atoms with E-state index < -0.39 is 0 Å². The Bertz CT molecular complexity index is 617. The second-order valence-corrected chi connectivity index (χ2v) is 8.29. The number of anilines is 1. The molecule has 0 aromatic heterocycles. The number of nitrogens with one attached hydrogen (secondary N) is 2. The third kappa shape index (κ3) is 6.85. The summed E-state index contributed by atoms with van der Waals surface area (Å²) >= 11 is 2.05. The van der Waals surface area contributed by atoms with Crippen LogP contribution in [-0.4, -0.2) is 42.5 Å². The maximum Gasteiger partial charge on any atom is 0.226 e. The first-order chi connectivity index (χ1) is 12.8. The number of carbonyl (C=O) groups is 1. The van der Waals surface area contributed by atoms with E-state index in [1.807, 2.05) is 17.0 Å². The second kappa shape index (κ2) is 11.8. The van der Waals surface area contributed by atoms with Crippen molar-refractivity contribution in [2.24, 2.45) is 4.99 Å². The normalized spacial score (nSPS) is 20.3. The number of amides is 1. The molecule has 2 heterocycles. The molecule has 2 N–H and O–H groups in total. The lowest BCUT2D eigenvalue weighted by atomic mass is 10.1. The Hall–Kier alpha value is -0.960. The van der Waals surface area contributed by atoms with E-state index >= 15 is 0 Å². The zero-order valence-corrected chi connectivity index (χ0v) is 19.2. The molecule has 0 saturated carbocycles. The van der Waals surface area contributed by atoms with Crippen LogP contribution in [0, 0.1) is 0 Å². The van der Waals surface area contributed by atoms with Crippen LogP contribution in [0.5, 0.6) is 0 Å². The molecule has 1 aromatic rings. The van der Waals surface area contributed by atoms with Crippen LogP contribution < -0.4 is 15.5 Å². The van der Waals surface area contributed by atoms with Crippen molar-refractivity contribution < 1.29 is 4.79 Å². The Morgan fingerprint density at radius 1 is 1.22 bits per heavy atom. The van der Waals surface area contributed by atoms with Crippen LogP contribution >= 0.6 is 35.7 Å². The molecule has 2 aliphatic rings. The van der Waals surface area contributed by atoms with E-state index in [0.29, 0.717) is 18.2 Å². The van der Waals surface area contributed by atoms with Crippen molar-refractivity contribution in [1.82, 2.24) is 10.6 Å². The minimum atomic E-state index is 0. The average Bonchev–Trinajstić information content (AvgIpc) is 3.19. The van der Waals surface area contributed by atoms with Gasteiger partial charge in [-0.15, -0.1) is 24.0 Å². The Labute approximate surface area is 184 Å². The number of hydrogen-bond acceptors (Lipinski definition) is 3. The zero-order chi connectivity index (χ0) is 18.2. The number of guanidine groups is 1. The molecule has 0 radical (unpaired) electrons. The summed E-state index contributed by atoms with van der Waals surface area (Å²) in [6, 6.07) is 8.25. The number of piperidine rings is 1. The number of nitrogens with zero attached hydrogens (tertiary/aromatic N) is 2. The summed E-state index contributed by atoms with van der Waals surface area (Å²) in [5.74, 6) is 2.41. The minimum Gasteiger partial charge on any atom is -0.357 e. The molecule has 27 heavy (non-hydrogen) atoms. The van der Waals surface area contributed by atoms with Gasteiger partial charge in [-0.05, 0) is 56.1 Å². The molecule has 1 aromatic carbocycles. The zero-order valence-electron chi connectivity index (χ0n) is 16.1. The summed E-state index contributed by atoms with van der Waals surface area (Å²) < 4.78 is 0. The minimum absolute atomic E-state index is 0. The monoisotopic (exact) mass is 502 g/mol. The molecule has 0 aliphatic carbocycles. The van der Waals surface area contributed by atoms with E-state index in [2.05, 4.69) is 41.5 Å². The summed E-state index contributed by atoms with van der Waals surface area (Å²) in [5, 5.41) is 7.50. The summed E-state index contributed by atoms with van der Waals surface area (Å²) in [5.41, 5.74) is 2.16. The fourth-order valence-electron chi connectivity index (χ4n) is 3.39. The molecule has 2 aliphatic heterocycles. The van der Waals surface area contributed by atoms with Gasteiger partial charge in [0.15, 0.2) is 5.96 Å². The summed E-state index contributed by atoms with van der Waals surface area (Å²) in [6.07, 6.45) is 5.41. The van der Waals surface area contributed by atoms with Crippen molar-refractivity contribution in [3.8, 4) is 0 Å². The van der Waals surface area contributed by atoms with Crippen molar-refractivity contribution in [3.05, 3.63) is 29.8 Å². The molecule has 150 valence electrons. The first-order valence-corrected chi connectivity index (χ1v) is 10.8. The van der Waals surface area contributed by atoms with Gasteiger partial charge in [0, 0.05) is 37.0 Å². The number of rotatable bonds is 6. The van der Waals surface area contributed by atoms with Gasteiger partial charge in [0.05, 0.1) is 6.54 Å². The molecule has 1 amide bonds. The summed E-state index contributed by atoms with van der Waals surface area (Å²) in [7, 11) is 0. The van der Waals surface area contributed by atoms with Crippen LogP contribution in [0.2, 0.25) is 0 Å². The van der Waals surface area contributed by atoms with Crippen LogP contribution in [0.1, 0.15) is 44.6 Å². The lowest BCUT2D eigenvalue weighted by Crippen LogP contribution is -2.40. The van der Waals surface area contributed by atoms with Gasteiger partial charge in [0.2, 0.25) is 5.91 Å². The Kier molecular flexibility index (Phi) is 9.75. The standard InChI is InChI=1S/C20H30N4OS.HI/c1-2-21-20(23-15-18-6-5-13-26-18)22-14-16-8-10-17(11-9-16)24-12-4-3-7-19(24)25;/h8-11,18H,2-7,12-15H2,1H3,(H2,21,22,23);1H. The highest BCUT2D eigenvalue weighted by Gasteiger charge is 2.19. The molecule has 3 rings (SSSR count). The first kappa shape index (κ1) is 22.3. The smallest absolute Gasteiger partial charge is 0.226 e. The van der Waals surface area contributed by atoms with Crippen LogP contribution in [0.15, 0.2) is 29.3 Å². The van der Waals surface area contributed by atoms with Gasteiger partial charge < -0.3 is 15.5 Å². The molecule has 2 saturated heterocycles. The van der Waals surface area contributed by atoms with Crippen LogP contribution in [0.4, 0.5) is 5.69 Å². The highest BCUT2D eigenvalue weighted by molar-refractivity contribution is 14.0. The Morgan fingerprint density at radius 3 is 2.70 bits per heavy atom. The highest BCUT2D eigenvalue weighted by atomic mass is 127. The quantitative estimate of drug-likeness (QED) is 0.353. The van der Waals surface area contributed by atoms with E-state index in [-0.39, 0.29) is 29.9 Å². The molecule has 0 bridgehead atoms. The van der Waals surface area contributed by atoms with Gasteiger partial charge in [-0.25, -0.2) is 4.99 Å². The lowest BCUT2D eigenvalue weighted by Gasteiger charge is -2.26. The fourth-order valence-corrected chi connectivity index (χ4v) is 4.59. The first-order valence-electron chi connectivity index (χ1n) is 9.79. The second-order valence-electron chi connectivity index (χ2n) is 6.88. The van der Waals surface area contributed by atoms with E-state index in [1.165, 1.54) is 18.6 Å². The molecule has 1 atom stereocenters. The summed E-state index contributed by atoms with van der Waals surface area (Å²) in [6.45, 7) is 5.41. The van der Waals surface area contributed by atoms with Crippen LogP contribution in [0.25, 0.3) is 0 Å². The van der Waals surface area contributed by atoms with Crippen molar-refractivity contribution in [3.63, 3.8) is 0 Å². The molecular weight excluding hydrogens is 471 g/mol. The molecule has 2 fully saturated rings. The lowest BCUT2D eigenvalue weighted by molar-refractivity contribution is -0.119. The van der Waals surface area contributed by atoms with Crippen molar-refractivity contribution in [2.45, 2.75) is 50.8 Å². The SMILES string of the molecule is CCNC(=NCc1ccc(N2CCCCC2=O)cc1)NCC1CCCS1.I. The maximum atomic E-state index is 12.0. The topological polar surface area (TPSA) is 56.7 Å². The number of halogens is 1. The van der Waals surface area contributed by atoms with E-state index in [4.69, 9.17) is 4.99 Å². The number of thioether (sulfide) groups is 1. The third-order valence-corrected chi connectivity index (χ3v) is 6.25. The molecular formula is C20H31IN4OS. The van der Waals surface area contributed by atoms with Gasteiger partial charge in [0.1, 0.15) is 0 Å². The van der Waals surface area contributed by atoms with Gasteiger partial charge >= 0.3 is 0 Å². The molecule has 5 nitrogen and oxygen atoms in total. The van der Waals surface area contributed by atoms with Crippen LogP contribution in [0.3, 0.4) is 0 Å². The fraction of sp³-hybridized carbons (Fsp3) is 0.600. The predicted molar refractivity (Wildman–Crippen MR) is 126 cm³/mol. The average molecular weight is 502 g/mol. The van der Waals surface area contributed by atoms with Gasteiger partial charge in [-0.1, -0.05) is 12.1 Å². The van der Waals surface area contributed by atoms with Crippen molar-refractivity contribution >= 4 is 53.3 Å². The van der Waals surface area contributed by atoms with Crippen molar-refractivity contribution in [1.29, 1.82) is 0 Å². The molecule has 7 heteroatoms. The van der Waals surface area contributed by atoms with Gasteiger partial charge in [-0.2, -0.15) is 11.8 Å². The number of carbonyl (C=O) groups excluding carboxylic acids is 1. The number of aliphatic imine (C=N–C) groups is 1.